The zero-order chi connectivity index (χ0) is 28.7. The molecule has 204 valence electrons. The van der Waals surface area contributed by atoms with Gasteiger partial charge in [0.25, 0.3) is 0 Å². The topological polar surface area (TPSA) is 17.0 Å². The van der Waals surface area contributed by atoms with Gasteiger partial charge in [-0.2, -0.15) is 0 Å². The summed E-state index contributed by atoms with van der Waals surface area (Å²) in [6, 6.07) is 22.2. The van der Waals surface area contributed by atoms with Gasteiger partial charge in [0, 0.05) is 29.8 Å². The monoisotopic (exact) mass is 529 g/mol. The quantitative estimate of drug-likeness (QED) is 0.213. The van der Waals surface area contributed by atoms with Crippen molar-refractivity contribution in [3.05, 3.63) is 89.1 Å². The first kappa shape index (κ1) is 24.4. The van der Waals surface area contributed by atoms with Gasteiger partial charge in [-0.25, -0.2) is 4.57 Å². The van der Waals surface area contributed by atoms with Crippen LogP contribution in [-0.4, -0.2) is 0 Å². The third-order valence-corrected chi connectivity index (χ3v) is 9.76. The van der Waals surface area contributed by atoms with Gasteiger partial charge in [-0.3, -0.25) is 0 Å². The summed E-state index contributed by atoms with van der Waals surface area (Å²) in [5.41, 5.74) is 12.0. The summed E-state index contributed by atoms with van der Waals surface area (Å²) >= 11 is 0. The van der Waals surface area contributed by atoms with Crippen LogP contribution in [-0.2, 0) is 17.9 Å². The lowest BCUT2D eigenvalue weighted by atomic mass is 9.75. The number of hydrogen-bond acceptors (Lipinski definition) is 1. The predicted octanol–water partition coefficient (Wildman–Crippen LogP) is 10.1. The van der Waals surface area contributed by atoms with Crippen LogP contribution in [0, 0.1) is 6.92 Å². The average Bonchev–Trinajstić information content (AvgIpc) is 3.40. The van der Waals surface area contributed by atoms with Crippen LogP contribution in [0.3, 0.4) is 0 Å². The first-order chi connectivity index (χ1) is 19.5. The molecule has 0 aliphatic heterocycles. The molecule has 0 spiro atoms. The minimum absolute atomic E-state index is 0.0567. The number of fused-ring (bicyclic) bond motifs is 4. The van der Waals surface area contributed by atoms with E-state index in [1.165, 1.54) is 34.2 Å². The molecule has 0 saturated heterocycles. The Balaban J connectivity index is 1.52. The van der Waals surface area contributed by atoms with Crippen molar-refractivity contribution in [3.8, 4) is 22.4 Å². The second kappa shape index (κ2) is 9.06. The highest BCUT2D eigenvalue weighted by molar-refractivity contribution is 6.13. The van der Waals surface area contributed by atoms with E-state index in [1.54, 1.807) is 0 Å². The number of benzene rings is 3. The fourth-order valence-corrected chi connectivity index (χ4v) is 8.16. The maximum absolute atomic E-state index is 9.79. The lowest BCUT2D eigenvalue weighted by molar-refractivity contribution is -0.660. The molecule has 2 aromatic heterocycles. The van der Waals surface area contributed by atoms with Gasteiger partial charge in [0.15, 0.2) is 6.20 Å². The maximum atomic E-state index is 9.79. The van der Waals surface area contributed by atoms with Gasteiger partial charge in [-0.15, -0.1) is 0 Å². The molecule has 0 amide bonds. The molecule has 0 atom stereocenters. The van der Waals surface area contributed by atoms with Gasteiger partial charge in [0.2, 0.25) is 5.69 Å². The Morgan fingerprint density at radius 1 is 0.850 bits per heavy atom. The zero-order valence-corrected chi connectivity index (χ0v) is 24.9. The van der Waals surface area contributed by atoms with Crippen molar-refractivity contribution in [3.63, 3.8) is 0 Å². The molecule has 2 aliphatic rings. The molecule has 0 unspecified atom stereocenters. The number of hydrogen-bond donors (Lipinski definition) is 0. The smallest absolute Gasteiger partial charge is 0.216 e. The van der Waals surface area contributed by atoms with Crippen molar-refractivity contribution in [1.29, 1.82) is 0 Å². The third kappa shape index (κ3) is 3.86. The molecular formula is C38H42NO+. The summed E-state index contributed by atoms with van der Waals surface area (Å²) in [7, 11) is 2.10. The molecule has 3 aromatic carbocycles. The van der Waals surface area contributed by atoms with E-state index in [0.29, 0.717) is 0 Å². The van der Waals surface area contributed by atoms with Gasteiger partial charge in [-0.1, -0.05) is 89.4 Å². The molecule has 2 nitrogen and oxygen atoms in total. The third-order valence-electron chi connectivity index (χ3n) is 9.76. The van der Waals surface area contributed by atoms with Crippen molar-refractivity contribution in [2.75, 3.05) is 0 Å². The molecule has 1 fully saturated rings. The fourth-order valence-electron chi connectivity index (χ4n) is 8.16. The molecule has 5 aromatic rings. The molecular weight excluding hydrogens is 486 g/mol. The predicted molar refractivity (Wildman–Crippen MR) is 167 cm³/mol. The van der Waals surface area contributed by atoms with Gasteiger partial charge >= 0.3 is 0 Å². The minimum atomic E-state index is -0.524. The number of pyridine rings is 1. The van der Waals surface area contributed by atoms with E-state index in [0.717, 1.165) is 70.9 Å². The van der Waals surface area contributed by atoms with Crippen LogP contribution in [0.25, 0.3) is 44.3 Å². The molecule has 2 aliphatic carbocycles. The molecule has 2 heteroatoms. The van der Waals surface area contributed by atoms with Gasteiger partial charge < -0.3 is 4.42 Å². The van der Waals surface area contributed by atoms with Crippen LogP contribution in [0.1, 0.15) is 95.7 Å². The van der Waals surface area contributed by atoms with E-state index in [2.05, 4.69) is 113 Å². The lowest BCUT2D eigenvalue weighted by Crippen LogP contribution is -2.30. The summed E-state index contributed by atoms with van der Waals surface area (Å²) in [5, 5.41) is 2.30. The Morgan fingerprint density at radius 3 is 2.40 bits per heavy atom. The van der Waals surface area contributed by atoms with Crippen molar-refractivity contribution >= 4 is 21.9 Å². The molecule has 2 heterocycles. The zero-order valence-electron chi connectivity index (χ0n) is 25.9. The van der Waals surface area contributed by atoms with E-state index < -0.39 is 5.89 Å². The SMILES string of the molecule is [2H]C1(c2cc(-c3cccc4c3oc3c(-c5cccc[n+]5C)c(C)ccc34)cc3c2C(C)(C)CC3(C)C)CCCCC1. The summed E-state index contributed by atoms with van der Waals surface area (Å²) in [6.07, 6.45) is 8.63. The summed E-state index contributed by atoms with van der Waals surface area (Å²) in [6.45, 7) is 11.7. The molecule has 0 bridgehead atoms. The molecule has 0 N–H and O–H groups in total. The fraction of sp³-hybridized carbons (Fsp3) is 0.395. The first-order valence-electron chi connectivity index (χ1n) is 15.6. The first-order valence-corrected chi connectivity index (χ1v) is 15.1. The van der Waals surface area contributed by atoms with Crippen LogP contribution in [0.15, 0.2) is 71.3 Å². The molecule has 0 radical (unpaired) electrons. The number of rotatable bonds is 3. The maximum Gasteiger partial charge on any atom is 0.216 e. The Hall–Kier alpha value is -3.39. The highest BCUT2D eigenvalue weighted by atomic mass is 16.3. The van der Waals surface area contributed by atoms with E-state index in [9.17, 15) is 1.37 Å². The van der Waals surface area contributed by atoms with Crippen molar-refractivity contribution < 1.29 is 10.4 Å². The van der Waals surface area contributed by atoms with Crippen LogP contribution in [0.2, 0.25) is 0 Å². The standard InChI is InChI=1S/C38H42NO/c1-24-18-19-29-28-16-12-15-27(35(28)40-36(29)33(24)32-17-10-11-20-39(32)6)26-21-30(25-13-8-7-9-14-25)34-31(22-26)37(2,3)23-38(34,4)5/h10-12,15-22,25H,7-9,13-14,23H2,1-6H3/q+1/i25D. The second-order valence-corrected chi connectivity index (χ2v) is 13.7. The number of furan rings is 1. The van der Waals surface area contributed by atoms with Crippen molar-refractivity contribution in [1.82, 2.24) is 0 Å². The Bertz CT molecular complexity index is 1830. The Labute approximate surface area is 240 Å². The number of aromatic nitrogens is 1. The van der Waals surface area contributed by atoms with E-state index in [1.807, 2.05) is 0 Å². The lowest BCUT2D eigenvalue weighted by Gasteiger charge is -2.30. The van der Waals surface area contributed by atoms with Crippen LogP contribution in [0.5, 0.6) is 0 Å². The molecule has 40 heavy (non-hydrogen) atoms. The van der Waals surface area contributed by atoms with Crippen LogP contribution < -0.4 is 4.57 Å². The summed E-state index contributed by atoms with van der Waals surface area (Å²) in [5.74, 6) is -0.524. The Kier molecular flexibility index (Phi) is 5.53. The molecule has 1 saturated carbocycles. The van der Waals surface area contributed by atoms with Crippen molar-refractivity contribution in [2.45, 2.75) is 89.9 Å². The normalized spacial score (nSPS) is 19.6. The number of nitrogens with zero attached hydrogens (tertiary/aromatic N) is 1. The summed E-state index contributed by atoms with van der Waals surface area (Å²) in [4.78, 5) is 0. The van der Waals surface area contributed by atoms with E-state index in [-0.39, 0.29) is 10.8 Å². The molecule has 7 rings (SSSR count). The van der Waals surface area contributed by atoms with Gasteiger partial charge in [0.1, 0.15) is 18.2 Å². The van der Waals surface area contributed by atoms with E-state index in [4.69, 9.17) is 4.42 Å². The van der Waals surface area contributed by atoms with Crippen molar-refractivity contribution in [2.24, 2.45) is 7.05 Å². The second-order valence-electron chi connectivity index (χ2n) is 13.7. The average molecular weight is 530 g/mol. The largest absolute Gasteiger partial charge is 0.454 e. The van der Waals surface area contributed by atoms with Gasteiger partial charge in [-0.05, 0) is 76.8 Å². The van der Waals surface area contributed by atoms with Crippen LogP contribution >= 0.6 is 0 Å². The highest BCUT2D eigenvalue weighted by Gasteiger charge is 2.44. The highest BCUT2D eigenvalue weighted by Crippen LogP contribution is 2.54. The van der Waals surface area contributed by atoms with Crippen LogP contribution in [0.4, 0.5) is 0 Å². The summed E-state index contributed by atoms with van der Waals surface area (Å²) < 4.78 is 18.9. The van der Waals surface area contributed by atoms with E-state index >= 15 is 0 Å². The number of para-hydroxylation sites is 1. The minimum Gasteiger partial charge on any atom is -0.454 e. The number of aryl methyl sites for hydroxylation is 2. The van der Waals surface area contributed by atoms with Gasteiger partial charge in [0.05, 0.1) is 5.56 Å². The Morgan fingerprint density at radius 2 is 1.62 bits per heavy atom.